The zero-order valence-electron chi connectivity index (χ0n) is 12.0. The second kappa shape index (κ2) is 5.47. The molecule has 19 heavy (non-hydrogen) atoms. The molecule has 3 heteroatoms. The van der Waals surface area contributed by atoms with E-state index in [1.807, 2.05) is 6.92 Å². The maximum atomic E-state index is 13.2. The minimum Gasteiger partial charge on any atom is -0.381 e. The third-order valence-corrected chi connectivity index (χ3v) is 3.66. The number of halogens is 1. The molecule has 2 rings (SSSR count). The van der Waals surface area contributed by atoms with Crippen LogP contribution in [0.2, 0.25) is 0 Å². The fourth-order valence-corrected chi connectivity index (χ4v) is 2.51. The van der Waals surface area contributed by atoms with Gasteiger partial charge in [-0.2, -0.15) is 0 Å². The van der Waals surface area contributed by atoms with E-state index in [1.165, 1.54) is 23.0 Å². The number of hydrogen-bond donors (Lipinski definition) is 1. The highest BCUT2D eigenvalue weighted by molar-refractivity contribution is 5.51. The molecule has 102 valence electrons. The van der Waals surface area contributed by atoms with Gasteiger partial charge < -0.3 is 9.88 Å². The van der Waals surface area contributed by atoms with Gasteiger partial charge in [0, 0.05) is 30.2 Å². The lowest BCUT2D eigenvalue weighted by molar-refractivity contribution is 0.628. The highest BCUT2D eigenvalue weighted by Gasteiger charge is 2.08. The van der Waals surface area contributed by atoms with Gasteiger partial charge >= 0.3 is 0 Å². The molecule has 0 amide bonds. The molecule has 0 saturated carbocycles. The van der Waals surface area contributed by atoms with Crippen molar-refractivity contribution in [2.24, 2.45) is 0 Å². The van der Waals surface area contributed by atoms with Crippen molar-refractivity contribution in [3.05, 3.63) is 52.6 Å². The first-order chi connectivity index (χ1) is 9.02. The Labute approximate surface area is 114 Å². The van der Waals surface area contributed by atoms with E-state index in [9.17, 15) is 4.39 Å². The molecule has 2 nitrogen and oxygen atoms in total. The lowest BCUT2D eigenvalue weighted by Gasteiger charge is -2.10. The molecule has 1 N–H and O–H groups in total. The van der Waals surface area contributed by atoms with Crippen molar-refractivity contribution in [3.63, 3.8) is 0 Å². The van der Waals surface area contributed by atoms with E-state index in [0.29, 0.717) is 0 Å². The van der Waals surface area contributed by atoms with Crippen LogP contribution in [0.4, 0.5) is 10.1 Å². The number of aryl methyl sites for hydroxylation is 2. The van der Waals surface area contributed by atoms with Gasteiger partial charge in [0.1, 0.15) is 5.82 Å². The monoisotopic (exact) mass is 260 g/mol. The van der Waals surface area contributed by atoms with Crippen molar-refractivity contribution in [1.29, 1.82) is 0 Å². The summed E-state index contributed by atoms with van der Waals surface area (Å²) in [4.78, 5) is 0. The van der Waals surface area contributed by atoms with E-state index in [1.54, 1.807) is 12.1 Å². The van der Waals surface area contributed by atoms with Crippen LogP contribution in [0.1, 0.15) is 29.4 Å². The smallest absolute Gasteiger partial charge is 0.125 e. The SMILES string of the molecule is CCn1c(C)cc(CNc2cc(F)ccc2C)c1C. The second-order valence-electron chi connectivity index (χ2n) is 4.95. The van der Waals surface area contributed by atoms with Crippen LogP contribution in [0.25, 0.3) is 0 Å². The Kier molecular flexibility index (Phi) is 3.93. The Morgan fingerprint density at radius 3 is 2.53 bits per heavy atom. The van der Waals surface area contributed by atoms with E-state index in [4.69, 9.17) is 0 Å². The summed E-state index contributed by atoms with van der Waals surface area (Å²) in [6.45, 7) is 10.1. The van der Waals surface area contributed by atoms with Crippen molar-refractivity contribution >= 4 is 5.69 Å². The molecule has 2 aromatic rings. The van der Waals surface area contributed by atoms with Gasteiger partial charge in [-0.05, 0) is 57.0 Å². The molecule has 0 aliphatic heterocycles. The highest BCUT2D eigenvalue weighted by atomic mass is 19.1. The number of anilines is 1. The number of aromatic nitrogens is 1. The Bertz CT molecular complexity index is 585. The molecular formula is C16H21FN2. The molecule has 0 radical (unpaired) electrons. The normalized spacial score (nSPS) is 10.8. The van der Waals surface area contributed by atoms with Crippen molar-refractivity contribution < 1.29 is 4.39 Å². The van der Waals surface area contributed by atoms with Gasteiger partial charge in [-0.1, -0.05) is 6.07 Å². The summed E-state index contributed by atoms with van der Waals surface area (Å²) in [6, 6.07) is 7.03. The average Bonchev–Trinajstić information content (AvgIpc) is 2.65. The zero-order chi connectivity index (χ0) is 14.0. The lowest BCUT2D eigenvalue weighted by Crippen LogP contribution is -2.04. The second-order valence-corrected chi connectivity index (χ2v) is 4.95. The van der Waals surface area contributed by atoms with Gasteiger partial charge in [0.25, 0.3) is 0 Å². The number of nitrogens with zero attached hydrogens (tertiary/aromatic N) is 1. The summed E-state index contributed by atoms with van der Waals surface area (Å²) < 4.78 is 15.5. The van der Waals surface area contributed by atoms with Crippen molar-refractivity contribution in [2.45, 2.75) is 40.8 Å². The van der Waals surface area contributed by atoms with Crippen LogP contribution in [0.3, 0.4) is 0 Å². The largest absolute Gasteiger partial charge is 0.381 e. The van der Waals surface area contributed by atoms with Gasteiger partial charge in [-0.25, -0.2) is 4.39 Å². The third kappa shape index (κ3) is 2.80. The maximum absolute atomic E-state index is 13.2. The van der Waals surface area contributed by atoms with Crippen LogP contribution >= 0.6 is 0 Å². The van der Waals surface area contributed by atoms with Crippen LogP contribution in [0.15, 0.2) is 24.3 Å². The Morgan fingerprint density at radius 2 is 1.89 bits per heavy atom. The highest BCUT2D eigenvalue weighted by Crippen LogP contribution is 2.20. The van der Waals surface area contributed by atoms with E-state index < -0.39 is 0 Å². The molecule has 0 aliphatic carbocycles. The van der Waals surface area contributed by atoms with Gasteiger partial charge in [0.05, 0.1) is 0 Å². The Hall–Kier alpha value is -1.77. The van der Waals surface area contributed by atoms with Crippen LogP contribution < -0.4 is 5.32 Å². The standard InChI is InChI=1S/C16H21FN2/c1-5-19-12(3)8-14(13(19)4)10-18-16-9-15(17)7-6-11(16)2/h6-9,18H,5,10H2,1-4H3. The van der Waals surface area contributed by atoms with Gasteiger partial charge in [-0.15, -0.1) is 0 Å². The molecule has 0 fully saturated rings. The first-order valence-electron chi connectivity index (χ1n) is 6.68. The minimum absolute atomic E-state index is 0.202. The summed E-state index contributed by atoms with van der Waals surface area (Å²) in [5.74, 6) is -0.202. The predicted molar refractivity (Wildman–Crippen MR) is 78.0 cm³/mol. The molecule has 0 aliphatic rings. The predicted octanol–water partition coefficient (Wildman–Crippen LogP) is 4.18. The van der Waals surface area contributed by atoms with Crippen LogP contribution in [0, 0.1) is 26.6 Å². The summed E-state index contributed by atoms with van der Waals surface area (Å²) in [7, 11) is 0. The molecule has 1 heterocycles. The Balaban J connectivity index is 2.17. The number of hydrogen-bond acceptors (Lipinski definition) is 1. The van der Waals surface area contributed by atoms with Crippen molar-refractivity contribution in [1.82, 2.24) is 4.57 Å². The molecular weight excluding hydrogens is 239 g/mol. The molecule has 0 atom stereocenters. The van der Waals surface area contributed by atoms with Crippen LogP contribution in [-0.4, -0.2) is 4.57 Å². The van der Waals surface area contributed by atoms with E-state index >= 15 is 0 Å². The molecule has 0 bridgehead atoms. The summed E-state index contributed by atoms with van der Waals surface area (Å²) in [6.07, 6.45) is 0. The summed E-state index contributed by atoms with van der Waals surface area (Å²) in [5, 5.41) is 3.32. The Morgan fingerprint density at radius 1 is 1.16 bits per heavy atom. The maximum Gasteiger partial charge on any atom is 0.125 e. The molecule has 1 aromatic heterocycles. The summed E-state index contributed by atoms with van der Waals surface area (Å²) >= 11 is 0. The van der Waals surface area contributed by atoms with Gasteiger partial charge in [0.15, 0.2) is 0 Å². The fourth-order valence-electron chi connectivity index (χ4n) is 2.51. The van der Waals surface area contributed by atoms with Gasteiger partial charge in [-0.3, -0.25) is 0 Å². The lowest BCUT2D eigenvalue weighted by atomic mass is 10.2. The van der Waals surface area contributed by atoms with E-state index in [-0.39, 0.29) is 5.82 Å². The fraction of sp³-hybridized carbons (Fsp3) is 0.375. The zero-order valence-corrected chi connectivity index (χ0v) is 12.0. The van der Waals surface area contributed by atoms with Crippen molar-refractivity contribution in [2.75, 3.05) is 5.32 Å². The van der Waals surface area contributed by atoms with Crippen LogP contribution in [-0.2, 0) is 13.1 Å². The minimum atomic E-state index is -0.202. The molecule has 0 unspecified atom stereocenters. The first-order valence-corrected chi connectivity index (χ1v) is 6.68. The van der Waals surface area contributed by atoms with Crippen LogP contribution in [0.5, 0.6) is 0 Å². The number of benzene rings is 1. The molecule has 0 spiro atoms. The molecule has 0 saturated heterocycles. The third-order valence-electron chi connectivity index (χ3n) is 3.66. The van der Waals surface area contributed by atoms with E-state index in [0.717, 1.165) is 24.3 Å². The average molecular weight is 260 g/mol. The van der Waals surface area contributed by atoms with Crippen molar-refractivity contribution in [3.8, 4) is 0 Å². The molecule has 1 aromatic carbocycles. The number of rotatable bonds is 4. The topological polar surface area (TPSA) is 17.0 Å². The quantitative estimate of drug-likeness (QED) is 0.872. The first kappa shape index (κ1) is 13.7. The number of nitrogens with one attached hydrogen (secondary N) is 1. The summed E-state index contributed by atoms with van der Waals surface area (Å²) in [5.41, 5.74) is 5.74. The van der Waals surface area contributed by atoms with Gasteiger partial charge in [0.2, 0.25) is 0 Å². The van der Waals surface area contributed by atoms with E-state index in [2.05, 4.69) is 36.7 Å².